The summed E-state index contributed by atoms with van der Waals surface area (Å²) < 4.78 is 4.83. The molecule has 0 fully saturated rings. The van der Waals surface area contributed by atoms with Gasteiger partial charge in [-0.15, -0.1) is 0 Å². The lowest BCUT2D eigenvalue weighted by molar-refractivity contribution is 1.17. The molecule has 0 unspecified atom stereocenters. The van der Waals surface area contributed by atoms with Gasteiger partial charge in [0.25, 0.3) is 0 Å². The Morgan fingerprint density at radius 1 is 0.280 bits per heavy atom. The second-order valence-corrected chi connectivity index (χ2v) is 12.8. The Bertz CT molecular complexity index is 2790. The topological polar surface area (TPSA) is 22.8 Å². The highest BCUT2D eigenvalue weighted by atomic mass is 15.0. The van der Waals surface area contributed by atoms with Crippen molar-refractivity contribution in [3.63, 3.8) is 0 Å². The van der Waals surface area contributed by atoms with Gasteiger partial charge in [-0.3, -0.25) is 0 Å². The van der Waals surface area contributed by atoms with Crippen LogP contribution in [0.3, 0.4) is 0 Å². The van der Waals surface area contributed by atoms with E-state index in [1.807, 2.05) is 12.1 Å². The SMILES string of the molecule is c1ccc(-c2cc(-c3cccc(-n4c5ccccc5c5cc6c(cc54)c4ccccc4n6-c4ccccc4)c3)cc(-c3ccccc3)n2)cc1. The van der Waals surface area contributed by atoms with Crippen LogP contribution in [0.1, 0.15) is 0 Å². The Hall–Kier alpha value is -6.71. The van der Waals surface area contributed by atoms with Gasteiger partial charge in [-0.05, 0) is 71.8 Å². The van der Waals surface area contributed by atoms with Gasteiger partial charge in [-0.2, -0.15) is 0 Å². The lowest BCUT2D eigenvalue weighted by Crippen LogP contribution is -1.96. The summed E-state index contributed by atoms with van der Waals surface area (Å²) in [6.45, 7) is 0. The Morgan fingerprint density at radius 2 is 0.720 bits per heavy atom. The third-order valence-electron chi connectivity index (χ3n) is 9.88. The molecule has 0 radical (unpaired) electrons. The molecule has 0 bridgehead atoms. The van der Waals surface area contributed by atoms with E-state index in [9.17, 15) is 0 Å². The number of nitrogens with zero attached hydrogens (tertiary/aromatic N) is 3. The van der Waals surface area contributed by atoms with Crippen LogP contribution in [0, 0.1) is 0 Å². The molecule has 0 saturated carbocycles. The molecule has 0 saturated heterocycles. The van der Waals surface area contributed by atoms with Gasteiger partial charge in [0.1, 0.15) is 0 Å². The molecular formula is C47H31N3. The van der Waals surface area contributed by atoms with E-state index in [-0.39, 0.29) is 0 Å². The molecular weight excluding hydrogens is 607 g/mol. The molecule has 0 aliphatic heterocycles. The van der Waals surface area contributed by atoms with Crippen molar-refractivity contribution in [2.45, 2.75) is 0 Å². The Labute approximate surface area is 290 Å². The number of fused-ring (bicyclic) bond motifs is 6. The van der Waals surface area contributed by atoms with Crippen LogP contribution in [0.15, 0.2) is 188 Å². The fraction of sp³-hybridized carbons (Fsp3) is 0. The first-order valence-electron chi connectivity index (χ1n) is 17.1. The lowest BCUT2D eigenvalue weighted by Gasteiger charge is -2.13. The van der Waals surface area contributed by atoms with Crippen molar-refractivity contribution >= 4 is 43.6 Å². The predicted molar refractivity (Wildman–Crippen MR) is 209 cm³/mol. The molecule has 7 aromatic carbocycles. The zero-order valence-corrected chi connectivity index (χ0v) is 27.2. The highest BCUT2D eigenvalue weighted by Crippen LogP contribution is 2.40. The number of para-hydroxylation sites is 3. The van der Waals surface area contributed by atoms with Crippen LogP contribution in [0.2, 0.25) is 0 Å². The monoisotopic (exact) mass is 637 g/mol. The van der Waals surface area contributed by atoms with Gasteiger partial charge in [-0.1, -0.05) is 127 Å². The first-order valence-corrected chi connectivity index (χ1v) is 17.1. The van der Waals surface area contributed by atoms with Gasteiger partial charge in [-0.25, -0.2) is 4.98 Å². The van der Waals surface area contributed by atoms with Crippen LogP contribution < -0.4 is 0 Å². The number of rotatable bonds is 5. The highest BCUT2D eigenvalue weighted by Gasteiger charge is 2.19. The van der Waals surface area contributed by atoms with Crippen molar-refractivity contribution in [3.8, 4) is 45.0 Å². The third-order valence-corrected chi connectivity index (χ3v) is 9.88. The lowest BCUT2D eigenvalue weighted by atomic mass is 9.99. The van der Waals surface area contributed by atoms with E-state index in [0.717, 1.165) is 45.0 Å². The van der Waals surface area contributed by atoms with E-state index in [0.29, 0.717) is 0 Å². The van der Waals surface area contributed by atoms with E-state index in [1.54, 1.807) is 0 Å². The molecule has 50 heavy (non-hydrogen) atoms. The first-order chi connectivity index (χ1) is 24.8. The summed E-state index contributed by atoms with van der Waals surface area (Å²) in [6, 6.07) is 67.3. The van der Waals surface area contributed by atoms with Crippen LogP contribution in [0.25, 0.3) is 88.6 Å². The van der Waals surface area contributed by atoms with Gasteiger partial charge in [0, 0.05) is 44.0 Å². The summed E-state index contributed by atoms with van der Waals surface area (Å²) in [5, 5.41) is 4.96. The van der Waals surface area contributed by atoms with Crippen molar-refractivity contribution < 1.29 is 0 Å². The summed E-state index contributed by atoms with van der Waals surface area (Å²) in [7, 11) is 0. The number of aromatic nitrogens is 3. The van der Waals surface area contributed by atoms with Gasteiger partial charge < -0.3 is 9.13 Å². The van der Waals surface area contributed by atoms with Gasteiger partial charge in [0.2, 0.25) is 0 Å². The molecule has 0 N–H and O–H groups in total. The van der Waals surface area contributed by atoms with Crippen LogP contribution in [0.5, 0.6) is 0 Å². The van der Waals surface area contributed by atoms with Crippen molar-refractivity contribution in [1.82, 2.24) is 14.1 Å². The van der Waals surface area contributed by atoms with E-state index in [1.165, 1.54) is 43.6 Å². The number of hydrogen-bond donors (Lipinski definition) is 0. The minimum Gasteiger partial charge on any atom is -0.309 e. The summed E-state index contributed by atoms with van der Waals surface area (Å²) >= 11 is 0. The fourth-order valence-electron chi connectivity index (χ4n) is 7.60. The molecule has 10 rings (SSSR count). The first kappa shape index (κ1) is 28.3. The van der Waals surface area contributed by atoms with E-state index >= 15 is 0 Å². The molecule has 0 atom stereocenters. The van der Waals surface area contributed by atoms with Crippen LogP contribution >= 0.6 is 0 Å². The quantitative estimate of drug-likeness (QED) is 0.184. The maximum absolute atomic E-state index is 5.12. The molecule has 0 amide bonds. The third kappa shape index (κ3) is 4.56. The molecule has 3 aromatic heterocycles. The summed E-state index contributed by atoms with van der Waals surface area (Å²) in [5.41, 5.74) is 13.5. The summed E-state index contributed by atoms with van der Waals surface area (Å²) in [4.78, 5) is 5.12. The molecule has 0 aliphatic rings. The van der Waals surface area contributed by atoms with Crippen LogP contribution in [0.4, 0.5) is 0 Å². The maximum atomic E-state index is 5.12. The second kappa shape index (κ2) is 11.5. The van der Waals surface area contributed by atoms with E-state index < -0.39 is 0 Å². The minimum absolute atomic E-state index is 0.960. The largest absolute Gasteiger partial charge is 0.309 e. The average molecular weight is 638 g/mol. The van der Waals surface area contributed by atoms with E-state index in [4.69, 9.17) is 4.98 Å². The maximum Gasteiger partial charge on any atom is 0.0715 e. The second-order valence-electron chi connectivity index (χ2n) is 12.8. The van der Waals surface area contributed by atoms with Crippen molar-refractivity contribution in [2.24, 2.45) is 0 Å². The average Bonchev–Trinajstić information content (AvgIpc) is 3.70. The van der Waals surface area contributed by atoms with Crippen LogP contribution in [-0.2, 0) is 0 Å². The predicted octanol–water partition coefficient (Wildman–Crippen LogP) is 12.3. The van der Waals surface area contributed by atoms with Gasteiger partial charge in [0.05, 0.1) is 33.5 Å². The van der Waals surface area contributed by atoms with Crippen molar-refractivity contribution in [2.75, 3.05) is 0 Å². The molecule has 3 heteroatoms. The van der Waals surface area contributed by atoms with Crippen molar-refractivity contribution in [3.05, 3.63) is 188 Å². The fourth-order valence-corrected chi connectivity index (χ4v) is 7.60. The number of hydrogen-bond acceptors (Lipinski definition) is 1. The zero-order chi connectivity index (χ0) is 33.0. The standard InChI is InChI=1S/C47H31N3/c1-4-15-32(16-5-1)42-28-35(29-43(48-42)33-17-6-2-7-18-33)34-19-14-22-37(27-34)50-45-26-13-11-24-39(45)41-30-46-40(31-47(41)50)38-23-10-12-25-44(38)49(46)36-20-8-3-9-21-36/h1-31H. The molecule has 3 heterocycles. The summed E-state index contributed by atoms with van der Waals surface area (Å²) in [5.74, 6) is 0. The molecule has 10 aromatic rings. The van der Waals surface area contributed by atoms with Gasteiger partial charge in [0.15, 0.2) is 0 Å². The minimum atomic E-state index is 0.960. The van der Waals surface area contributed by atoms with Gasteiger partial charge >= 0.3 is 0 Å². The smallest absolute Gasteiger partial charge is 0.0715 e. The van der Waals surface area contributed by atoms with Crippen LogP contribution in [-0.4, -0.2) is 14.1 Å². The Morgan fingerprint density at radius 3 is 1.28 bits per heavy atom. The van der Waals surface area contributed by atoms with E-state index in [2.05, 4.69) is 185 Å². The number of pyridine rings is 1. The molecule has 0 aliphatic carbocycles. The van der Waals surface area contributed by atoms with Crippen molar-refractivity contribution in [1.29, 1.82) is 0 Å². The Balaban J connectivity index is 1.21. The highest BCUT2D eigenvalue weighted by molar-refractivity contribution is 6.19. The molecule has 0 spiro atoms. The normalized spacial score (nSPS) is 11.6. The number of benzene rings is 7. The molecule has 3 nitrogen and oxygen atoms in total. The summed E-state index contributed by atoms with van der Waals surface area (Å²) in [6.07, 6.45) is 0. The Kier molecular flexibility index (Phi) is 6.49. The molecule has 234 valence electrons. The zero-order valence-electron chi connectivity index (χ0n) is 27.2.